The monoisotopic (exact) mass is 211 g/mol. The number of nitrogens with one attached hydrogen (secondary N) is 1. The van der Waals surface area contributed by atoms with Crippen LogP contribution in [0.1, 0.15) is 38.4 Å². The maximum atomic E-state index is 4.30. The Morgan fingerprint density at radius 1 is 1.43 bits per heavy atom. The number of rotatable bonds is 3. The molecule has 1 heterocycles. The van der Waals surface area contributed by atoms with Crippen molar-refractivity contribution in [2.45, 2.75) is 39.5 Å². The van der Waals surface area contributed by atoms with Gasteiger partial charge in [-0.05, 0) is 25.2 Å². The van der Waals surface area contributed by atoms with Gasteiger partial charge in [-0.3, -0.25) is 0 Å². The van der Waals surface area contributed by atoms with Crippen LogP contribution in [-0.2, 0) is 0 Å². The van der Waals surface area contributed by atoms with Crippen molar-refractivity contribution in [2.24, 2.45) is 5.41 Å². The minimum absolute atomic E-state index is 0.486. The van der Waals surface area contributed by atoms with Crippen molar-refractivity contribution in [3.8, 4) is 0 Å². The van der Waals surface area contributed by atoms with E-state index in [-0.39, 0.29) is 0 Å². The van der Waals surface area contributed by atoms with Gasteiger partial charge in [0.15, 0.2) is 0 Å². The molecule has 1 aromatic rings. The van der Waals surface area contributed by atoms with E-state index in [1.807, 2.05) is 6.92 Å². The van der Waals surface area contributed by atoms with Crippen molar-refractivity contribution in [1.82, 2.24) is 9.36 Å². The number of anilines is 1. The Morgan fingerprint density at radius 3 is 2.71 bits per heavy atom. The van der Waals surface area contributed by atoms with Crippen LogP contribution in [0.15, 0.2) is 0 Å². The van der Waals surface area contributed by atoms with E-state index in [0.717, 1.165) is 17.5 Å². The first kappa shape index (κ1) is 9.90. The molecule has 1 aromatic heterocycles. The van der Waals surface area contributed by atoms with Crippen LogP contribution < -0.4 is 5.32 Å². The highest BCUT2D eigenvalue weighted by molar-refractivity contribution is 7.09. The molecule has 14 heavy (non-hydrogen) atoms. The van der Waals surface area contributed by atoms with Gasteiger partial charge >= 0.3 is 0 Å². The zero-order chi connectivity index (χ0) is 10.0. The summed E-state index contributed by atoms with van der Waals surface area (Å²) in [5, 5.41) is 4.36. The highest BCUT2D eigenvalue weighted by atomic mass is 32.1. The van der Waals surface area contributed by atoms with Crippen molar-refractivity contribution >= 4 is 16.7 Å². The molecular formula is C10H17N3S. The number of nitrogens with zero attached hydrogens (tertiary/aromatic N) is 2. The van der Waals surface area contributed by atoms with E-state index in [4.69, 9.17) is 0 Å². The van der Waals surface area contributed by atoms with Crippen LogP contribution >= 0.6 is 11.5 Å². The molecule has 1 fully saturated rings. The first-order valence-electron chi connectivity index (χ1n) is 5.22. The zero-order valence-corrected chi connectivity index (χ0v) is 9.65. The van der Waals surface area contributed by atoms with Crippen LogP contribution in [0.25, 0.3) is 0 Å². The molecule has 2 rings (SSSR count). The lowest BCUT2D eigenvalue weighted by Gasteiger charge is -2.23. The highest BCUT2D eigenvalue weighted by Crippen LogP contribution is 2.37. The van der Waals surface area contributed by atoms with E-state index < -0.39 is 0 Å². The number of hydrogen-bond donors (Lipinski definition) is 1. The van der Waals surface area contributed by atoms with E-state index in [1.165, 1.54) is 37.2 Å². The molecule has 4 heteroatoms. The Balaban J connectivity index is 1.87. The molecule has 0 atom stereocenters. The minimum atomic E-state index is 0.486. The smallest absolute Gasteiger partial charge is 0.202 e. The van der Waals surface area contributed by atoms with E-state index in [9.17, 15) is 0 Å². The van der Waals surface area contributed by atoms with Gasteiger partial charge in [-0.2, -0.15) is 4.37 Å². The lowest BCUT2D eigenvalue weighted by atomic mass is 9.89. The van der Waals surface area contributed by atoms with Crippen LogP contribution in [0.5, 0.6) is 0 Å². The summed E-state index contributed by atoms with van der Waals surface area (Å²) in [6.07, 6.45) is 5.45. The molecule has 1 saturated carbocycles. The first-order chi connectivity index (χ1) is 6.68. The summed E-state index contributed by atoms with van der Waals surface area (Å²) in [5.74, 6) is 0.870. The molecule has 1 aliphatic carbocycles. The van der Waals surface area contributed by atoms with Gasteiger partial charge in [0.25, 0.3) is 0 Å². The molecule has 1 N–H and O–H groups in total. The maximum absolute atomic E-state index is 4.30. The minimum Gasteiger partial charge on any atom is -0.360 e. The Labute approximate surface area is 89.1 Å². The summed E-state index contributed by atoms with van der Waals surface area (Å²) in [7, 11) is 0. The molecule has 0 aromatic carbocycles. The molecule has 0 amide bonds. The third-order valence-corrected chi connectivity index (χ3v) is 3.77. The summed E-state index contributed by atoms with van der Waals surface area (Å²) >= 11 is 1.46. The summed E-state index contributed by atoms with van der Waals surface area (Å²) in [6.45, 7) is 5.33. The lowest BCUT2D eigenvalue weighted by Crippen LogP contribution is -2.22. The van der Waals surface area contributed by atoms with Gasteiger partial charge in [-0.1, -0.05) is 19.8 Å². The second-order valence-corrected chi connectivity index (χ2v) is 5.27. The van der Waals surface area contributed by atoms with Crippen LogP contribution in [0.2, 0.25) is 0 Å². The van der Waals surface area contributed by atoms with E-state index in [1.54, 1.807) is 0 Å². The predicted octanol–water partition coefficient (Wildman–Crippen LogP) is 2.84. The van der Waals surface area contributed by atoms with Crippen molar-refractivity contribution in [3.63, 3.8) is 0 Å². The molecule has 0 spiro atoms. The summed E-state index contributed by atoms with van der Waals surface area (Å²) in [4.78, 5) is 4.30. The van der Waals surface area contributed by atoms with E-state index in [0.29, 0.717) is 5.41 Å². The highest BCUT2D eigenvalue weighted by Gasteiger charge is 2.28. The Hall–Kier alpha value is -0.640. The van der Waals surface area contributed by atoms with Crippen molar-refractivity contribution in [1.29, 1.82) is 0 Å². The second kappa shape index (κ2) is 3.85. The predicted molar refractivity (Wildman–Crippen MR) is 59.7 cm³/mol. The summed E-state index contributed by atoms with van der Waals surface area (Å²) in [6, 6.07) is 0. The number of aryl methyl sites for hydroxylation is 1. The van der Waals surface area contributed by atoms with Gasteiger partial charge in [-0.25, -0.2) is 4.98 Å². The van der Waals surface area contributed by atoms with Gasteiger partial charge in [-0.15, -0.1) is 0 Å². The largest absolute Gasteiger partial charge is 0.360 e. The van der Waals surface area contributed by atoms with Crippen molar-refractivity contribution in [2.75, 3.05) is 11.9 Å². The molecule has 0 aliphatic heterocycles. The number of hydrogen-bond acceptors (Lipinski definition) is 4. The molecule has 3 nitrogen and oxygen atoms in total. The summed E-state index contributed by atoms with van der Waals surface area (Å²) in [5.41, 5.74) is 0.486. The fourth-order valence-electron chi connectivity index (χ4n) is 2.06. The van der Waals surface area contributed by atoms with Crippen LogP contribution in [0.3, 0.4) is 0 Å². The Kier molecular flexibility index (Phi) is 2.72. The van der Waals surface area contributed by atoms with Crippen LogP contribution in [-0.4, -0.2) is 15.9 Å². The maximum Gasteiger partial charge on any atom is 0.202 e. The quantitative estimate of drug-likeness (QED) is 0.835. The van der Waals surface area contributed by atoms with Crippen LogP contribution in [0.4, 0.5) is 5.13 Å². The topological polar surface area (TPSA) is 37.8 Å². The van der Waals surface area contributed by atoms with Gasteiger partial charge in [0.1, 0.15) is 5.82 Å². The standard InChI is InChI=1S/C10H17N3S/c1-8-12-9(14-13-8)11-7-10(2)5-3-4-6-10/h3-7H2,1-2H3,(H,11,12,13). The molecular weight excluding hydrogens is 194 g/mol. The summed E-state index contributed by atoms with van der Waals surface area (Å²) < 4.78 is 4.15. The third-order valence-electron chi connectivity index (χ3n) is 3.00. The van der Waals surface area contributed by atoms with Crippen molar-refractivity contribution in [3.05, 3.63) is 5.82 Å². The van der Waals surface area contributed by atoms with Gasteiger partial charge in [0.05, 0.1) is 0 Å². The van der Waals surface area contributed by atoms with Gasteiger partial charge in [0, 0.05) is 18.1 Å². The van der Waals surface area contributed by atoms with Gasteiger partial charge < -0.3 is 5.32 Å². The second-order valence-electron chi connectivity index (χ2n) is 4.52. The average molecular weight is 211 g/mol. The molecule has 0 saturated heterocycles. The zero-order valence-electron chi connectivity index (χ0n) is 8.84. The molecule has 0 radical (unpaired) electrons. The fourth-order valence-corrected chi connectivity index (χ4v) is 2.63. The molecule has 0 bridgehead atoms. The Morgan fingerprint density at radius 2 is 2.14 bits per heavy atom. The average Bonchev–Trinajstić information content (AvgIpc) is 2.73. The Bertz CT molecular complexity index is 302. The first-order valence-corrected chi connectivity index (χ1v) is 6.00. The fraction of sp³-hybridized carbons (Fsp3) is 0.800. The van der Waals surface area contributed by atoms with Crippen LogP contribution in [0, 0.1) is 12.3 Å². The lowest BCUT2D eigenvalue weighted by molar-refractivity contribution is 0.362. The molecule has 78 valence electrons. The number of aromatic nitrogens is 2. The SMILES string of the molecule is Cc1nsc(NCC2(C)CCCC2)n1. The molecule has 1 aliphatic rings. The van der Waals surface area contributed by atoms with Crippen molar-refractivity contribution < 1.29 is 0 Å². The molecule has 0 unspecified atom stereocenters. The third kappa shape index (κ3) is 2.23. The normalized spacial score (nSPS) is 19.9. The van der Waals surface area contributed by atoms with Gasteiger partial charge in [0.2, 0.25) is 5.13 Å². The van der Waals surface area contributed by atoms with E-state index in [2.05, 4.69) is 21.6 Å². The van der Waals surface area contributed by atoms with E-state index >= 15 is 0 Å².